The first-order chi connectivity index (χ1) is 8.99. The standard InChI is InChI=1S/C13H19N3O2S/c1-13(2,3)18-7-6-17-10-9-5-8-19-11(9)16-12(14-4)15-10/h5,8H,6-7H2,1-4H3,(H,14,15,16). The molecule has 0 spiro atoms. The second kappa shape index (κ2) is 5.71. The topological polar surface area (TPSA) is 56.3 Å². The van der Waals surface area contributed by atoms with E-state index in [-0.39, 0.29) is 5.60 Å². The lowest BCUT2D eigenvalue weighted by molar-refractivity contribution is -0.0166. The first-order valence-corrected chi connectivity index (χ1v) is 7.07. The molecule has 0 saturated heterocycles. The maximum atomic E-state index is 5.71. The van der Waals surface area contributed by atoms with E-state index >= 15 is 0 Å². The number of anilines is 1. The van der Waals surface area contributed by atoms with Gasteiger partial charge in [-0.15, -0.1) is 11.3 Å². The quantitative estimate of drug-likeness (QED) is 0.854. The van der Waals surface area contributed by atoms with Crippen molar-refractivity contribution >= 4 is 27.5 Å². The van der Waals surface area contributed by atoms with E-state index in [1.165, 1.54) is 0 Å². The van der Waals surface area contributed by atoms with Crippen molar-refractivity contribution in [2.24, 2.45) is 0 Å². The highest BCUT2D eigenvalue weighted by molar-refractivity contribution is 7.16. The summed E-state index contributed by atoms with van der Waals surface area (Å²) in [4.78, 5) is 9.62. The zero-order chi connectivity index (χ0) is 13.9. The average molecular weight is 281 g/mol. The number of fused-ring (bicyclic) bond motifs is 1. The third-order valence-electron chi connectivity index (χ3n) is 2.37. The number of rotatable bonds is 5. The lowest BCUT2D eigenvalue weighted by Gasteiger charge is -2.19. The molecule has 2 rings (SSSR count). The Balaban J connectivity index is 2.05. The van der Waals surface area contributed by atoms with E-state index < -0.39 is 0 Å². The highest BCUT2D eigenvalue weighted by Gasteiger charge is 2.12. The molecule has 0 atom stereocenters. The number of thiophene rings is 1. The summed E-state index contributed by atoms with van der Waals surface area (Å²) >= 11 is 1.57. The molecule has 5 nitrogen and oxygen atoms in total. The van der Waals surface area contributed by atoms with Crippen LogP contribution in [0.2, 0.25) is 0 Å². The SMILES string of the molecule is CNc1nc(OCCOC(C)(C)C)c2ccsc2n1. The molecule has 0 aliphatic rings. The van der Waals surface area contributed by atoms with Gasteiger partial charge in [0.2, 0.25) is 11.8 Å². The van der Waals surface area contributed by atoms with Crippen molar-refractivity contribution in [3.8, 4) is 5.88 Å². The smallest absolute Gasteiger partial charge is 0.227 e. The maximum absolute atomic E-state index is 5.71. The largest absolute Gasteiger partial charge is 0.475 e. The van der Waals surface area contributed by atoms with Gasteiger partial charge in [0.15, 0.2) is 0 Å². The molecule has 19 heavy (non-hydrogen) atoms. The molecular weight excluding hydrogens is 262 g/mol. The number of hydrogen-bond donors (Lipinski definition) is 1. The summed E-state index contributed by atoms with van der Waals surface area (Å²) in [5.41, 5.74) is -0.150. The van der Waals surface area contributed by atoms with Crippen molar-refractivity contribution in [1.29, 1.82) is 0 Å². The fourth-order valence-electron chi connectivity index (χ4n) is 1.54. The van der Waals surface area contributed by atoms with Crippen molar-refractivity contribution in [2.45, 2.75) is 26.4 Å². The average Bonchev–Trinajstić information content (AvgIpc) is 2.81. The summed E-state index contributed by atoms with van der Waals surface area (Å²) in [6, 6.07) is 1.97. The molecule has 104 valence electrons. The van der Waals surface area contributed by atoms with Crippen LogP contribution in [0.15, 0.2) is 11.4 Å². The molecule has 0 radical (unpaired) electrons. The highest BCUT2D eigenvalue weighted by atomic mass is 32.1. The molecule has 6 heteroatoms. The minimum absolute atomic E-state index is 0.150. The Morgan fingerprint density at radius 3 is 2.74 bits per heavy atom. The van der Waals surface area contributed by atoms with Gasteiger partial charge in [-0.2, -0.15) is 4.98 Å². The van der Waals surface area contributed by atoms with E-state index in [1.807, 2.05) is 32.2 Å². The van der Waals surface area contributed by atoms with Crippen LogP contribution in [0.25, 0.3) is 10.2 Å². The lowest BCUT2D eigenvalue weighted by atomic mass is 10.2. The molecule has 0 saturated carbocycles. The molecule has 0 aliphatic heterocycles. The molecule has 0 aliphatic carbocycles. The predicted molar refractivity (Wildman–Crippen MR) is 78.2 cm³/mol. The molecule has 0 aromatic carbocycles. The van der Waals surface area contributed by atoms with E-state index in [9.17, 15) is 0 Å². The van der Waals surface area contributed by atoms with Crippen LogP contribution < -0.4 is 10.1 Å². The molecule has 2 aromatic rings. The monoisotopic (exact) mass is 281 g/mol. The number of aromatic nitrogens is 2. The van der Waals surface area contributed by atoms with Crippen LogP contribution in [0.5, 0.6) is 5.88 Å². The van der Waals surface area contributed by atoms with Crippen molar-refractivity contribution in [1.82, 2.24) is 9.97 Å². The summed E-state index contributed by atoms with van der Waals surface area (Å²) in [5.74, 6) is 1.18. The molecule has 2 heterocycles. The van der Waals surface area contributed by atoms with Gasteiger partial charge in [0.25, 0.3) is 0 Å². The summed E-state index contributed by atoms with van der Waals surface area (Å²) in [5, 5.41) is 5.86. The van der Waals surface area contributed by atoms with Crippen molar-refractivity contribution in [2.75, 3.05) is 25.6 Å². The zero-order valence-corrected chi connectivity index (χ0v) is 12.5. The van der Waals surface area contributed by atoms with Gasteiger partial charge in [-0.1, -0.05) is 0 Å². The Morgan fingerprint density at radius 1 is 1.26 bits per heavy atom. The van der Waals surface area contributed by atoms with E-state index in [1.54, 1.807) is 18.4 Å². The molecule has 2 aromatic heterocycles. The summed E-state index contributed by atoms with van der Waals surface area (Å²) in [6.07, 6.45) is 0. The third kappa shape index (κ3) is 3.78. The Hall–Kier alpha value is -1.40. The van der Waals surface area contributed by atoms with Crippen LogP contribution in [0.3, 0.4) is 0 Å². The second-order valence-electron chi connectivity index (χ2n) is 5.05. The number of hydrogen-bond acceptors (Lipinski definition) is 6. The zero-order valence-electron chi connectivity index (χ0n) is 11.7. The minimum Gasteiger partial charge on any atom is -0.475 e. The predicted octanol–water partition coefficient (Wildman–Crippen LogP) is 2.93. The summed E-state index contributed by atoms with van der Waals surface area (Å²) < 4.78 is 11.3. The van der Waals surface area contributed by atoms with Gasteiger partial charge >= 0.3 is 0 Å². The molecular formula is C13H19N3O2S. The first kappa shape index (κ1) is 14.0. The van der Waals surface area contributed by atoms with Gasteiger partial charge in [0.1, 0.15) is 11.4 Å². The Bertz CT molecular complexity index is 548. The van der Waals surface area contributed by atoms with Crippen LogP contribution >= 0.6 is 11.3 Å². The Labute approximate surface area is 117 Å². The normalized spacial score (nSPS) is 11.8. The van der Waals surface area contributed by atoms with Crippen LogP contribution in [-0.2, 0) is 4.74 Å². The van der Waals surface area contributed by atoms with Crippen molar-refractivity contribution < 1.29 is 9.47 Å². The minimum atomic E-state index is -0.150. The first-order valence-electron chi connectivity index (χ1n) is 6.19. The maximum Gasteiger partial charge on any atom is 0.227 e. The molecule has 0 bridgehead atoms. The molecule has 0 unspecified atom stereocenters. The highest BCUT2D eigenvalue weighted by Crippen LogP contribution is 2.27. The Morgan fingerprint density at radius 2 is 2.05 bits per heavy atom. The van der Waals surface area contributed by atoms with Crippen LogP contribution in [0, 0.1) is 0 Å². The van der Waals surface area contributed by atoms with Gasteiger partial charge in [0.05, 0.1) is 17.6 Å². The Kier molecular flexibility index (Phi) is 4.21. The van der Waals surface area contributed by atoms with E-state index in [4.69, 9.17) is 9.47 Å². The fraction of sp³-hybridized carbons (Fsp3) is 0.538. The van der Waals surface area contributed by atoms with Crippen molar-refractivity contribution in [3.63, 3.8) is 0 Å². The number of nitrogens with zero attached hydrogens (tertiary/aromatic N) is 2. The van der Waals surface area contributed by atoms with Crippen molar-refractivity contribution in [3.05, 3.63) is 11.4 Å². The van der Waals surface area contributed by atoms with Gasteiger partial charge in [-0.25, -0.2) is 4.98 Å². The molecule has 0 fully saturated rings. The summed E-state index contributed by atoms with van der Waals surface area (Å²) in [7, 11) is 1.79. The fourth-order valence-corrected chi connectivity index (χ4v) is 2.29. The van der Waals surface area contributed by atoms with E-state index in [0.717, 1.165) is 10.2 Å². The number of ether oxygens (including phenoxy) is 2. The lowest BCUT2D eigenvalue weighted by Crippen LogP contribution is -2.22. The van der Waals surface area contributed by atoms with E-state index in [0.29, 0.717) is 25.0 Å². The summed E-state index contributed by atoms with van der Waals surface area (Å²) in [6.45, 7) is 7.08. The van der Waals surface area contributed by atoms with Gasteiger partial charge in [-0.05, 0) is 32.2 Å². The second-order valence-corrected chi connectivity index (χ2v) is 5.95. The van der Waals surface area contributed by atoms with Crippen LogP contribution in [0.1, 0.15) is 20.8 Å². The van der Waals surface area contributed by atoms with Crippen LogP contribution in [-0.4, -0.2) is 35.8 Å². The third-order valence-corrected chi connectivity index (χ3v) is 3.18. The molecule has 1 N–H and O–H groups in total. The van der Waals surface area contributed by atoms with Crippen LogP contribution in [0.4, 0.5) is 5.95 Å². The van der Waals surface area contributed by atoms with Gasteiger partial charge in [0, 0.05) is 7.05 Å². The van der Waals surface area contributed by atoms with E-state index in [2.05, 4.69) is 15.3 Å². The number of nitrogens with one attached hydrogen (secondary N) is 1. The molecule has 0 amide bonds. The van der Waals surface area contributed by atoms with Gasteiger partial charge in [-0.3, -0.25) is 0 Å². The van der Waals surface area contributed by atoms with Gasteiger partial charge < -0.3 is 14.8 Å².